The molecular weight excluding hydrogens is 492 g/mol. The third kappa shape index (κ3) is 5.13. The molecule has 1 saturated heterocycles. The van der Waals surface area contributed by atoms with Gasteiger partial charge < -0.3 is 10.2 Å². The van der Waals surface area contributed by atoms with E-state index in [4.69, 9.17) is 11.6 Å². The maximum atomic E-state index is 12.9. The largest absolute Gasteiger partial charge is 0.354 e. The van der Waals surface area contributed by atoms with E-state index in [-0.39, 0.29) is 23.8 Å². The van der Waals surface area contributed by atoms with Gasteiger partial charge in [-0.25, -0.2) is 9.67 Å². The average molecular weight is 519 g/mol. The van der Waals surface area contributed by atoms with Crippen LogP contribution in [0.1, 0.15) is 23.1 Å². The van der Waals surface area contributed by atoms with Crippen molar-refractivity contribution >= 4 is 40.1 Å². The fourth-order valence-corrected chi connectivity index (χ4v) is 4.77. The lowest BCUT2D eigenvalue weighted by molar-refractivity contribution is -0.126. The number of carbonyl (C=O) groups is 2. The standard InChI is InChI=1S/C27H27ClN6O3/c1-17-6-7-22(10-18(17)2)33-15-20(12-24(33)35)26(36)29-8-9-34-25-23(13-31-34)27(37)32(16-30-25)14-19-4-3-5-21(28)11-19/h3-7,10-11,13,16,20H,8-9,12,14-15H2,1-2H3,(H,29,36). The number of fused-ring (bicyclic) bond motifs is 1. The number of hydrogen-bond acceptors (Lipinski definition) is 5. The number of nitrogens with zero attached hydrogens (tertiary/aromatic N) is 5. The highest BCUT2D eigenvalue weighted by Gasteiger charge is 2.35. The van der Waals surface area contributed by atoms with Gasteiger partial charge in [0.15, 0.2) is 5.65 Å². The van der Waals surface area contributed by atoms with Gasteiger partial charge in [-0.1, -0.05) is 29.8 Å². The normalized spacial score (nSPS) is 15.5. The number of carbonyl (C=O) groups excluding carboxylic acids is 2. The molecule has 2 aromatic heterocycles. The summed E-state index contributed by atoms with van der Waals surface area (Å²) < 4.78 is 3.11. The number of rotatable bonds is 7. The van der Waals surface area contributed by atoms with Crippen molar-refractivity contribution in [3.63, 3.8) is 0 Å². The van der Waals surface area contributed by atoms with Crippen LogP contribution in [-0.2, 0) is 22.7 Å². The number of aryl methyl sites for hydroxylation is 2. The molecule has 37 heavy (non-hydrogen) atoms. The molecule has 10 heteroatoms. The summed E-state index contributed by atoms with van der Waals surface area (Å²) in [7, 11) is 0. The van der Waals surface area contributed by atoms with Gasteiger partial charge in [-0.3, -0.25) is 19.0 Å². The Hall–Kier alpha value is -3.98. The van der Waals surface area contributed by atoms with Crippen LogP contribution >= 0.6 is 11.6 Å². The minimum Gasteiger partial charge on any atom is -0.354 e. The molecule has 190 valence electrons. The molecule has 1 unspecified atom stereocenters. The summed E-state index contributed by atoms with van der Waals surface area (Å²) in [6.07, 6.45) is 3.17. The number of amides is 2. The molecule has 5 rings (SSSR count). The number of benzene rings is 2. The minimum atomic E-state index is -0.416. The number of aromatic nitrogens is 4. The van der Waals surface area contributed by atoms with Crippen molar-refractivity contribution in [2.24, 2.45) is 5.92 Å². The van der Waals surface area contributed by atoms with Crippen LogP contribution < -0.4 is 15.8 Å². The molecule has 1 aliphatic heterocycles. The molecule has 1 fully saturated rings. The quantitative estimate of drug-likeness (QED) is 0.405. The highest BCUT2D eigenvalue weighted by molar-refractivity contribution is 6.30. The zero-order valence-electron chi connectivity index (χ0n) is 20.6. The first-order valence-electron chi connectivity index (χ1n) is 12.1. The Morgan fingerprint density at radius 1 is 1.14 bits per heavy atom. The minimum absolute atomic E-state index is 0.0558. The van der Waals surface area contributed by atoms with E-state index in [0.29, 0.717) is 42.2 Å². The van der Waals surface area contributed by atoms with E-state index < -0.39 is 5.92 Å². The molecule has 0 saturated carbocycles. The average Bonchev–Trinajstić information content (AvgIpc) is 3.47. The van der Waals surface area contributed by atoms with E-state index >= 15 is 0 Å². The van der Waals surface area contributed by atoms with Gasteiger partial charge in [0.05, 0.1) is 25.2 Å². The van der Waals surface area contributed by atoms with Crippen LogP contribution in [0.15, 0.2) is 59.8 Å². The Morgan fingerprint density at radius 2 is 1.97 bits per heavy atom. The highest BCUT2D eigenvalue weighted by Crippen LogP contribution is 2.27. The second kappa shape index (κ2) is 10.2. The van der Waals surface area contributed by atoms with E-state index in [9.17, 15) is 14.4 Å². The van der Waals surface area contributed by atoms with Gasteiger partial charge in [-0.2, -0.15) is 5.10 Å². The van der Waals surface area contributed by atoms with Crippen LogP contribution in [0.2, 0.25) is 5.02 Å². The van der Waals surface area contributed by atoms with Crippen molar-refractivity contribution in [2.75, 3.05) is 18.0 Å². The molecule has 0 bridgehead atoms. The first kappa shape index (κ1) is 24.7. The number of nitrogens with one attached hydrogen (secondary N) is 1. The first-order valence-corrected chi connectivity index (χ1v) is 12.5. The molecule has 0 aliphatic carbocycles. The van der Waals surface area contributed by atoms with Gasteiger partial charge in [0.1, 0.15) is 11.7 Å². The molecule has 1 aliphatic rings. The van der Waals surface area contributed by atoms with E-state index in [2.05, 4.69) is 15.4 Å². The van der Waals surface area contributed by atoms with Gasteiger partial charge in [0, 0.05) is 30.2 Å². The fraction of sp³-hybridized carbons (Fsp3) is 0.296. The molecule has 0 radical (unpaired) electrons. The van der Waals surface area contributed by atoms with Crippen LogP contribution in [0, 0.1) is 19.8 Å². The van der Waals surface area contributed by atoms with Gasteiger partial charge in [0.25, 0.3) is 5.56 Å². The third-order valence-corrected chi connectivity index (χ3v) is 7.02. The second-order valence-electron chi connectivity index (χ2n) is 9.38. The summed E-state index contributed by atoms with van der Waals surface area (Å²) in [4.78, 5) is 44.4. The van der Waals surface area contributed by atoms with Crippen LogP contribution in [0.5, 0.6) is 0 Å². The van der Waals surface area contributed by atoms with Gasteiger partial charge in [-0.05, 0) is 54.8 Å². The number of hydrogen-bond donors (Lipinski definition) is 1. The van der Waals surface area contributed by atoms with Crippen molar-refractivity contribution in [3.05, 3.63) is 87.1 Å². The Bertz CT molecular complexity index is 1560. The van der Waals surface area contributed by atoms with Gasteiger partial charge in [-0.15, -0.1) is 0 Å². The lowest BCUT2D eigenvalue weighted by Crippen LogP contribution is -2.35. The summed E-state index contributed by atoms with van der Waals surface area (Å²) in [6, 6.07) is 13.2. The summed E-state index contributed by atoms with van der Waals surface area (Å²) in [5.41, 5.74) is 4.24. The highest BCUT2D eigenvalue weighted by atomic mass is 35.5. The number of anilines is 1. The monoisotopic (exact) mass is 518 g/mol. The zero-order chi connectivity index (χ0) is 26.1. The zero-order valence-corrected chi connectivity index (χ0v) is 21.4. The van der Waals surface area contributed by atoms with Gasteiger partial charge in [0.2, 0.25) is 11.8 Å². The lowest BCUT2D eigenvalue weighted by atomic mass is 10.1. The molecule has 3 heterocycles. The smallest absolute Gasteiger partial charge is 0.264 e. The molecular formula is C27H27ClN6O3. The first-order chi connectivity index (χ1) is 17.8. The van der Waals surface area contributed by atoms with Crippen LogP contribution in [0.4, 0.5) is 5.69 Å². The van der Waals surface area contributed by atoms with Crippen molar-refractivity contribution < 1.29 is 9.59 Å². The Balaban J connectivity index is 1.20. The molecule has 0 spiro atoms. The van der Waals surface area contributed by atoms with Crippen LogP contribution in [0.3, 0.4) is 0 Å². The fourth-order valence-electron chi connectivity index (χ4n) is 4.56. The predicted octanol–water partition coefficient (Wildman–Crippen LogP) is 3.08. The van der Waals surface area contributed by atoms with Crippen LogP contribution in [0.25, 0.3) is 11.0 Å². The number of halogens is 1. The van der Waals surface area contributed by atoms with Gasteiger partial charge >= 0.3 is 0 Å². The third-order valence-electron chi connectivity index (χ3n) is 6.79. The maximum Gasteiger partial charge on any atom is 0.264 e. The summed E-state index contributed by atoms with van der Waals surface area (Å²) in [5.74, 6) is -0.645. The summed E-state index contributed by atoms with van der Waals surface area (Å²) in [6.45, 7) is 5.38. The summed E-state index contributed by atoms with van der Waals surface area (Å²) in [5, 5.41) is 8.21. The van der Waals surface area contributed by atoms with E-state index in [1.165, 1.54) is 17.1 Å². The van der Waals surface area contributed by atoms with Crippen LogP contribution in [-0.4, -0.2) is 44.2 Å². The Morgan fingerprint density at radius 3 is 2.76 bits per heavy atom. The Kier molecular flexibility index (Phi) is 6.80. The molecule has 2 amide bonds. The van der Waals surface area contributed by atoms with Crippen molar-refractivity contribution in [3.8, 4) is 0 Å². The second-order valence-corrected chi connectivity index (χ2v) is 9.81. The van der Waals surface area contributed by atoms with E-state index in [1.54, 1.807) is 15.6 Å². The van der Waals surface area contributed by atoms with Crippen molar-refractivity contribution in [1.82, 2.24) is 24.6 Å². The molecule has 1 N–H and O–H groups in total. The van der Waals surface area contributed by atoms with Crippen molar-refractivity contribution in [2.45, 2.75) is 33.4 Å². The SMILES string of the molecule is Cc1ccc(N2CC(C(=O)NCCn3ncc4c(=O)n(Cc5cccc(Cl)c5)cnc43)CC2=O)cc1C. The van der Waals surface area contributed by atoms with Crippen molar-refractivity contribution in [1.29, 1.82) is 0 Å². The van der Waals surface area contributed by atoms with E-state index in [1.807, 2.05) is 50.2 Å². The van der Waals surface area contributed by atoms with E-state index in [0.717, 1.165) is 22.4 Å². The lowest BCUT2D eigenvalue weighted by Gasteiger charge is -2.18. The molecule has 9 nitrogen and oxygen atoms in total. The molecule has 1 atom stereocenters. The Labute approximate surface area is 218 Å². The maximum absolute atomic E-state index is 12.9. The predicted molar refractivity (Wildman–Crippen MR) is 142 cm³/mol. The topological polar surface area (TPSA) is 102 Å². The summed E-state index contributed by atoms with van der Waals surface area (Å²) >= 11 is 6.05. The molecule has 2 aromatic carbocycles. The molecule has 4 aromatic rings.